The third-order valence-corrected chi connectivity index (χ3v) is 6.23. The van der Waals surface area contributed by atoms with Crippen molar-refractivity contribution in [2.75, 3.05) is 20.2 Å². The number of halogens is 1. The van der Waals surface area contributed by atoms with Crippen LogP contribution in [0.15, 0.2) is 35.2 Å². The average Bonchev–Trinajstić information content (AvgIpc) is 2.62. The smallest absolute Gasteiger partial charge is 0.243 e. The number of methoxy groups -OCH3 is 1. The summed E-state index contributed by atoms with van der Waals surface area (Å²) in [6, 6.07) is 6.94. The van der Waals surface area contributed by atoms with Crippen LogP contribution in [-0.2, 0) is 10.0 Å². The zero-order valence-corrected chi connectivity index (χ0v) is 15.4. The minimum atomic E-state index is -3.71. The second-order valence-electron chi connectivity index (χ2n) is 6.07. The van der Waals surface area contributed by atoms with Crippen LogP contribution >= 0.6 is 0 Å². The van der Waals surface area contributed by atoms with Crippen LogP contribution in [0.3, 0.4) is 0 Å². The normalized spacial score (nSPS) is 18.5. The van der Waals surface area contributed by atoms with Crippen molar-refractivity contribution in [3.05, 3.63) is 41.7 Å². The molecule has 0 N–H and O–H groups in total. The van der Waals surface area contributed by atoms with Crippen molar-refractivity contribution < 1.29 is 22.3 Å². The number of hydrogen-bond acceptors (Lipinski definition) is 6. The van der Waals surface area contributed by atoms with Crippen molar-refractivity contribution in [2.45, 2.75) is 30.8 Å². The lowest BCUT2D eigenvalue weighted by Gasteiger charge is -2.32. The SMILES string of the molecule is COc1ccc(OC2CCCN(S(=O)(=O)c3ccc(F)cc3C)C2)nn1. The maximum Gasteiger partial charge on any atom is 0.243 e. The molecule has 1 unspecified atom stereocenters. The maximum absolute atomic E-state index is 13.3. The Hall–Kier alpha value is -2.26. The molecule has 2 heterocycles. The zero-order chi connectivity index (χ0) is 18.7. The van der Waals surface area contributed by atoms with Crippen LogP contribution in [0.5, 0.6) is 11.8 Å². The Balaban J connectivity index is 1.74. The van der Waals surface area contributed by atoms with E-state index < -0.39 is 15.8 Å². The molecule has 1 aliphatic rings. The van der Waals surface area contributed by atoms with Crippen LogP contribution in [0.1, 0.15) is 18.4 Å². The van der Waals surface area contributed by atoms with E-state index in [-0.39, 0.29) is 17.5 Å². The standard InChI is InChI=1S/C17H20FN3O4S/c1-12-10-13(18)5-6-15(12)26(22,23)21-9-3-4-14(11-21)25-17-8-7-16(24-2)19-20-17/h5-8,10,14H,3-4,9,11H2,1-2H3. The van der Waals surface area contributed by atoms with E-state index in [4.69, 9.17) is 9.47 Å². The monoisotopic (exact) mass is 381 g/mol. The van der Waals surface area contributed by atoms with Gasteiger partial charge in [0, 0.05) is 18.7 Å². The molecule has 1 saturated heterocycles. The highest BCUT2D eigenvalue weighted by molar-refractivity contribution is 7.89. The van der Waals surface area contributed by atoms with Gasteiger partial charge < -0.3 is 9.47 Å². The Kier molecular flexibility index (Phi) is 5.38. The Bertz CT molecular complexity index is 874. The molecule has 140 valence electrons. The lowest BCUT2D eigenvalue weighted by Crippen LogP contribution is -2.44. The lowest BCUT2D eigenvalue weighted by atomic mass is 10.1. The first-order valence-corrected chi connectivity index (χ1v) is 9.65. The number of sulfonamides is 1. The van der Waals surface area contributed by atoms with Crippen LogP contribution in [0.25, 0.3) is 0 Å². The topological polar surface area (TPSA) is 81.6 Å². The molecule has 9 heteroatoms. The fraction of sp³-hybridized carbons (Fsp3) is 0.412. The summed E-state index contributed by atoms with van der Waals surface area (Å²) in [6.45, 7) is 2.18. The van der Waals surface area contributed by atoms with Gasteiger partial charge in [0.25, 0.3) is 0 Å². The average molecular weight is 381 g/mol. The van der Waals surface area contributed by atoms with E-state index in [9.17, 15) is 12.8 Å². The van der Waals surface area contributed by atoms with E-state index in [0.29, 0.717) is 36.7 Å². The summed E-state index contributed by atoms with van der Waals surface area (Å²) in [7, 11) is -2.22. The summed E-state index contributed by atoms with van der Waals surface area (Å²) < 4.78 is 51.2. The van der Waals surface area contributed by atoms with Crippen LogP contribution < -0.4 is 9.47 Å². The first kappa shape index (κ1) is 18.5. The minimum Gasteiger partial charge on any atom is -0.480 e. The van der Waals surface area contributed by atoms with Crippen LogP contribution in [0.4, 0.5) is 4.39 Å². The molecular weight excluding hydrogens is 361 g/mol. The number of aryl methyl sites for hydroxylation is 1. The molecule has 0 aliphatic carbocycles. The Morgan fingerprint density at radius 2 is 1.92 bits per heavy atom. The van der Waals surface area contributed by atoms with Gasteiger partial charge in [-0.2, -0.15) is 4.31 Å². The fourth-order valence-corrected chi connectivity index (χ4v) is 4.63. The van der Waals surface area contributed by atoms with Crippen molar-refractivity contribution >= 4 is 10.0 Å². The third kappa shape index (κ3) is 3.94. The van der Waals surface area contributed by atoms with Crippen LogP contribution in [0.2, 0.25) is 0 Å². The van der Waals surface area contributed by atoms with E-state index in [1.54, 1.807) is 19.1 Å². The number of piperidine rings is 1. The number of ether oxygens (including phenoxy) is 2. The van der Waals surface area contributed by atoms with E-state index in [2.05, 4.69) is 10.2 Å². The van der Waals surface area contributed by atoms with Gasteiger partial charge >= 0.3 is 0 Å². The van der Waals surface area contributed by atoms with Gasteiger partial charge in [0.1, 0.15) is 11.9 Å². The van der Waals surface area contributed by atoms with Crippen molar-refractivity contribution in [3.63, 3.8) is 0 Å². The summed E-state index contributed by atoms with van der Waals surface area (Å²) in [4.78, 5) is 0.115. The number of hydrogen-bond donors (Lipinski definition) is 0. The van der Waals surface area contributed by atoms with Crippen molar-refractivity contribution in [1.29, 1.82) is 0 Å². The second kappa shape index (κ2) is 7.55. The minimum absolute atomic E-state index is 0.115. The predicted molar refractivity (Wildman–Crippen MR) is 92.1 cm³/mol. The molecule has 3 rings (SSSR count). The Morgan fingerprint density at radius 1 is 1.19 bits per heavy atom. The molecule has 7 nitrogen and oxygen atoms in total. The number of rotatable bonds is 5. The second-order valence-corrected chi connectivity index (χ2v) is 7.98. The number of aromatic nitrogens is 2. The highest BCUT2D eigenvalue weighted by Gasteiger charge is 2.32. The van der Waals surface area contributed by atoms with Gasteiger partial charge in [-0.25, -0.2) is 12.8 Å². The van der Waals surface area contributed by atoms with Crippen molar-refractivity contribution in [2.24, 2.45) is 0 Å². The van der Waals surface area contributed by atoms with Gasteiger partial charge in [-0.1, -0.05) is 0 Å². The molecule has 1 fully saturated rings. The van der Waals surface area contributed by atoms with Gasteiger partial charge in [0.2, 0.25) is 21.8 Å². The molecule has 1 aromatic carbocycles. The van der Waals surface area contributed by atoms with E-state index in [1.165, 1.54) is 23.5 Å². The van der Waals surface area contributed by atoms with Crippen molar-refractivity contribution in [1.82, 2.24) is 14.5 Å². The van der Waals surface area contributed by atoms with Gasteiger partial charge in [0.05, 0.1) is 18.6 Å². The van der Waals surface area contributed by atoms with E-state index in [0.717, 1.165) is 6.07 Å². The molecule has 0 bridgehead atoms. The third-order valence-electron chi connectivity index (χ3n) is 4.21. The van der Waals surface area contributed by atoms with E-state index in [1.807, 2.05) is 0 Å². The van der Waals surface area contributed by atoms with Gasteiger partial charge in [-0.3, -0.25) is 0 Å². The quantitative estimate of drug-likeness (QED) is 0.790. The highest BCUT2D eigenvalue weighted by Crippen LogP contribution is 2.25. The molecule has 1 atom stereocenters. The predicted octanol–water partition coefficient (Wildman–Crippen LogP) is 2.16. The Morgan fingerprint density at radius 3 is 2.58 bits per heavy atom. The molecule has 0 amide bonds. The molecule has 26 heavy (non-hydrogen) atoms. The molecule has 0 saturated carbocycles. The number of nitrogens with zero attached hydrogens (tertiary/aromatic N) is 3. The highest BCUT2D eigenvalue weighted by atomic mass is 32.2. The van der Waals surface area contributed by atoms with E-state index >= 15 is 0 Å². The molecule has 0 spiro atoms. The van der Waals surface area contributed by atoms with Gasteiger partial charge in [-0.05, 0) is 43.5 Å². The summed E-state index contributed by atoms with van der Waals surface area (Å²) in [5, 5.41) is 7.74. The zero-order valence-electron chi connectivity index (χ0n) is 14.6. The van der Waals surface area contributed by atoms with Gasteiger partial charge in [0.15, 0.2) is 0 Å². The lowest BCUT2D eigenvalue weighted by molar-refractivity contribution is 0.123. The molecule has 1 aromatic heterocycles. The first-order valence-electron chi connectivity index (χ1n) is 8.21. The van der Waals surface area contributed by atoms with Crippen LogP contribution in [0, 0.1) is 12.7 Å². The summed E-state index contributed by atoms with van der Waals surface area (Å²) in [5.41, 5.74) is 0.383. The molecule has 2 aromatic rings. The summed E-state index contributed by atoms with van der Waals surface area (Å²) in [6.07, 6.45) is 1.04. The Labute approximate surface area is 151 Å². The number of benzene rings is 1. The summed E-state index contributed by atoms with van der Waals surface area (Å²) >= 11 is 0. The fourth-order valence-electron chi connectivity index (χ4n) is 2.91. The summed E-state index contributed by atoms with van der Waals surface area (Å²) in [5.74, 6) is 0.226. The molecular formula is C17H20FN3O4S. The van der Waals surface area contributed by atoms with Crippen LogP contribution in [-0.4, -0.2) is 49.2 Å². The largest absolute Gasteiger partial charge is 0.480 e. The first-order chi connectivity index (χ1) is 12.4. The molecule has 0 radical (unpaired) electrons. The molecule has 1 aliphatic heterocycles. The maximum atomic E-state index is 13.3. The van der Waals surface area contributed by atoms with Crippen molar-refractivity contribution in [3.8, 4) is 11.8 Å². The van der Waals surface area contributed by atoms with Gasteiger partial charge in [-0.15, -0.1) is 10.2 Å².